The van der Waals surface area contributed by atoms with Crippen molar-refractivity contribution in [3.05, 3.63) is 0 Å². The molecular weight excluding hydrogens is 288 g/mol. The molecule has 0 aromatic carbocycles. The van der Waals surface area contributed by atoms with Crippen LogP contribution in [0.2, 0.25) is 0 Å². The minimum atomic E-state index is 0.784. The molecule has 3 rings (SSSR count). The summed E-state index contributed by atoms with van der Waals surface area (Å²) in [6.07, 6.45) is 26.2. The predicted octanol–water partition coefficient (Wildman–Crippen LogP) is 8.15. The van der Waals surface area contributed by atoms with Gasteiger partial charge in [0.2, 0.25) is 0 Å². The lowest BCUT2D eigenvalue weighted by Crippen LogP contribution is -2.43. The second-order valence-electron chi connectivity index (χ2n) is 9.81. The Bertz CT molecular complexity index is 307. The quantitative estimate of drug-likeness (QED) is 0.460. The van der Waals surface area contributed by atoms with E-state index in [0.717, 1.165) is 29.1 Å². The van der Waals surface area contributed by atoms with Crippen LogP contribution in [0.15, 0.2) is 0 Å². The van der Waals surface area contributed by atoms with Crippen molar-refractivity contribution < 1.29 is 0 Å². The molecule has 0 aromatic heterocycles. The van der Waals surface area contributed by atoms with Crippen LogP contribution >= 0.6 is 0 Å². The zero-order valence-electron chi connectivity index (χ0n) is 16.8. The Labute approximate surface area is 152 Å². The Hall–Kier alpha value is 0. The molecule has 0 radical (unpaired) electrons. The van der Waals surface area contributed by atoms with Gasteiger partial charge in [0.1, 0.15) is 0 Å². The lowest BCUT2D eigenvalue weighted by Gasteiger charge is -2.53. The normalized spacial score (nSPS) is 37.2. The second-order valence-corrected chi connectivity index (χ2v) is 9.81. The van der Waals surface area contributed by atoms with Crippen LogP contribution in [0.3, 0.4) is 0 Å². The highest BCUT2D eigenvalue weighted by Crippen LogP contribution is 2.57. The zero-order valence-corrected chi connectivity index (χ0v) is 16.8. The van der Waals surface area contributed by atoms with Crippen LogP contribution in [-0.4, -0.2) is 0 Å². The molecule has 140 valence electrons. The first kappa shape index (κ1) is 18.8. The average molecular weight is 333 g/mol. The van der Waals surface area contributed by atoms with E-state index in [1.807, 2.05) is 0 Å². The number of hydrogen-bond donors (Lipinski definition) is 0. The Morgan fingerprint density at radius 1 is 0.583 bits per heavy atom. The molecule has 24 heavy (non-hydrogen) atoms. The maximum atomic E-state index is 2.38. The van der Waals surface area contributed by atoms with Gasteiger partial charge >= 0.3 is 0 Å². The molecule has 0 heteroatoms. The highest BCUT2D eigenvalue weighted by atomic mass is 14.5. The highest BCUT2D eigenvalue weighted by Gasteiger charge is 2.46. The summed E-state index contributed by atoms with van der Waals surface area (Å²) in [5.41, 5.74) is 0.784. The van der Waals surface area contributed by atoms with E-state index >= 15 is 0 Å². The average Bonchev–Trinajstić information content (AvgIpc) is 2.64. The first-order valence-electron chi connectivity index (χ1n) is 11.8. The van der Waals surface area contributed by atoms with Gasteiger partial charge in [-0.05, 0) is 67.6 Å². The van der Waals surface area contributed by atoms with E-state index in [1.165, 1.54) is 32.1 Å². The fraction of sp³-hybridized carbons (Fsp3) is 1.00. The highest BCUT2D eigenvalue weighted by molar-refractivity contribution is 4.97. The molecule has 0 aliphatic heterocycles. The Morgan fingerprint density at radius 3 is 1.38 bits per heavy atom. The maximum absolute atomic E-state index is 2.38. The van der Waals surface area contributed by atoms with Crippen molar-refractivity contribution in [2.45, 2.75) is 123 Å². The summed E-state index contributed by atoms with van der Waals surface area (Å²) in [5, 5.41) is 0. The van der Waals surface area contributed by atoms with E-state index in [4.69, 9.17) is 0 Å². The van der Waals surface area contributed by atoms with Gasteiger partial charge < -0.3 is 0 Å². The molecule has 0 unspecified atom stereocenters. The molecule has 3 aliphatic carbocycles. The molecule has 3 fully saturated rings. The molecular formula is C24H44. The molecule has 3 aliphatic rings. The summed E-state index contributed by atoms with van der Waals surface area (Å²) in [6.45, 7) is 4.76. The molecule has 0 N–H and O–H groups in total. The van der Waals surface area contributed by atoms with Crippen LogP contribution in [0.1, 0.15) is 123 Å². The van der Waals surface area contributed by atoms with E-state index in [9.17, 15) is 0 Å². The van der Waals surface area contributed by atoms with Gasteiger partial charge in [-0.1, -0.05) is 84.5 Å². The summed E-state index contributed by atoms with van der Waals surface area (Å²) in [5.74, 6) is 4.34. The largest absolute Gasteiger partial charge is 0.0654 e. The summed E-state index contributed by atoms with van der Waals surface area (Å²) in [6, 6.07) is 0. The third-order valence-electron chi connectivity index (χ3n) is 8.50. The molecule has 3 saturated carbocycles. The minimum Gasteiger partial charge on any atom is -0.0654 e. The molecule has 0 spiro atoms. The monoisotopic (exact) mass is 332 g/mol. The first-order chi connectivity index (χ1) is 11.8. The third-order valence-corrected chi connectivity index (χ3v) is 8.50. The lowest BCUT2D eigenvalue weighted by molar-refractivity contribution is -0.0257. The Morgan fingerprint density at radius 2 is 1.00 bits per heavy atom. The molecule has 0 heterocycles. The van der Waals surface area contributed by atoms with Gasteiger partial charge in [-0.25, -0.2) is 0 Å². The second kappa shape index (κ2) is 9.09. The summed E-state index contributed by atoms with van der Waals surface area (Å²) < 4.78 is 0. The van der Waals surface area contributed by atoms with Gasteiger partial charge in [-0.2, -0.15) is 0 Å². The first-order valence-corrected chi connectivity index (χ1v) is 11.8. The number of rotatable bonds is 6. The van der Waals surface area contributed by atoms with Crippen molar-refractivity contribution in [2.75, 3.05) is 0 Å². The van der Waals surface area contributed by atoms with E-state index < -0.39 is 0 Å². The van der Waals surface area contributed by atoms with Crippen molar-refractivity contribution in [1.82, 2.24) is 0 Å². The number of hydrogen-bond acceptors (Lipinski definition) is 0. The molecule has 0 saturated heterocycles. The summed E-state index contributed by atoms with van der Waals surface area (Å²) >= 11 is 0. The van der Waals surface area contributed by atoms with Crippen LogP contribution in [0.4, 0.5) is 0 Å². The standard InChI is InChI=1S/C24H44/c1-3-8-20-10-14-22(15-11-20)24(18-6-5-7-19-24)23-16-12-21(9-4-2)13-17-23/h20-23H,3-19H2,1-2H3. The van der Waals surface area contributed by atoms with Crippen molar-refractivity contribution >= 4 is 0 Å². The summed E-state index contributed by atoms with van der Waals surface area (Å²) in [4.78, 5) is 0. The Kier molecular flexibility index (Phi) is 7.11. The van der Waals surface area contributed by atoms with Crippen LogP contribution < -0.4 is 0 Å². The minimum absolute atomic E-state index is 0.784. The smallest absolute Gasteiger partial charge is 0.0241 e. The fourth-order valence-corrected chi connectivity index (χ4v) is 7.23. The molecule has 0 nitrogen and oxygen atoms in total. The van der Waals surface area contributed by atoms with Crippen molar-refractivity contribution in [2.24, 2.45) is 29.1 Å². The van der Waals surface area contributed by atoms with E-state index in [0.29, 0.717) is 0 Å². The lowest BCUT2D eigenvalue weighted by atomic mass is 9.52. The van der Waals surface area contributed by atoms with Crippen LogP contribution in [0.25, 0.3) is 0 Å². The molecule has 0 bridgehead atoms. The van der Waals surface area contributed by atoms with Gasteiger partial charge in [-0.15, -0.1) is 0 Å². The predicted molar refractivity (Wildman–Crippen MR) is 106 cm³/mol. The van der Waals surface area contributed by atoms with Gasteiger partial charge in [0.05, 0.1) is 0 Å². The van der Waals surface area contributed by atoms with Gasteiger partial charge in [-0.3, -0.25) is 0 Å². The van der Waals surface area contributed by atoms with Crippen LogP contribution in [-0.2, 0) is 0 Å². The maximum Gasteiger partial charge on any atom is -0.0241 e. The fourth-order valence-electron chi connectivity index (χ4n) is 7.23. The van der Waals surface area contributed by atoms with Gasteiger partial charge in [0, 0.05) is 0 Å². The third kappa shape index (κ3) is 4.21. The van der Waals surface area contributed by atoms with Crippen molar-refractivity contribution in [3.63, 3.8) is 0 Å². The van der Waals surface area contributed by atoms with Crippen molar-refractivity contribution in [1.29, 1.82) is 0 Å². The van der Waals surface area contributed by atoms with E-state index in [1.54, 1.807) is 77.0 Å². The van der Waals surface area contributed by atoms with Crippen LogP contribution in [0.5, 0.6) is 0 Å². The Balaban J connectivity index is 1.63. The summed E-state index contributed by atoms with van der Waals surface area (Å²) in [7, 11) is 0. The van der Waals surface area contributed by atoms with Crippen LogP contribution in [0, 0.1) is 29.1 Å². The molecule has 0 atom stereocenters. The zero-order chi connectivity index (χ0) is 16.8. The van der Waals surface area contributed by atoms with E-state index in [2.05, 4.69) is 13.8 Å². The van der Waals surface area contributed by atoms with Crippen molar-refractivity contribution in [3.8, 4) is 0 Å². The SMILES string of the molecule is CCCC1CCC(C2(C3CCC(CCC)CC3)CCCCC2)CC1. The molecule has 0 aromatic rings. The van der Waals surface area contributed by atoms with Gasteiger partial charge in [0.15, 0.2) is 0 Å². The van der Waals surface area contributed by atoms with E-state index in [-0.39, 0.29) is 0 Å². The molecule has 0 amide bonds. The van der Waals surface area contributed by atoms with Gasteiger partial charge in [0.25, 0.3) is 0 Å². The topological polar surface area (TPSA) is 0 Å².